The number of alkyl halides is 1. The first kappa shape index (κ1) is 12.9. The fraction of sp³-hybridized carbons (Fsp3) is 0.571. The van der Waals surface area contributed by atoms with E-state index in [1.54, 1.807) is 6.07 Å². The molecule has 0 radical (unpaired) electrons. The summed E-state index contributed by atoms with van der Waals surface area (Å²) in [4.78, 5) is 0.584. The average molecular weight is 301 g/mol. The van der Waals surface area contributed by atoms with Crippen molar-refractivity contribution in [3.63, 3.8) is 0 Å². The van der Waals surface area contributed by atoms with Gasteiger partial charge in [0.05, 0.1) is 7.11 Å². The highest BCUT2D eigenvalue weighted by Crippen LogP contribution is 2.39. The summed E-state index contributed by atoms with van der Waals surface area (Å²) in [6.45, 7) is 2.25. The molecule has 1 nitrogen and oxygen atoms in total. The van der Waals surface area contributed by atoms with Crippen molar-refractivity contribution in [3.05, 3.63) is 29.6 Å². The van der Waals surface area contributed by atoms with E-state index in [1.165, 1.54) is 20.0 Å². The van der Waals surface area contributed by atoms with Crippen LogP contribution in [0.1, 0.15) is 25.3 Å². The van der Waals surface area contributed by atoms with Gasteiger partial charge in [0, 0.05) is 4.83 Å². The minimum atomic E-state index is -0.194. The third-order valence-electron chi connectivity index (χ3n) is 3.87. The molecular weight excluding hydrogens is 283 g/mol. The van der Waals surface area contributed by atoms with E-state index in [1.807, 2.05) is 12.1 Å². The smallest absolute Gasteiger partial charge is 0.168 e. The zero-order chi connectivity index (χ0) is 12.4. The third kappa shape index (κ3) is 2.65. The number of methoxy groups -OCH3 is 1. The first-order chi connectivity index (χ1) is 8.13. The number of benzene rings is 1. The third-order valence-corrected chi connectivity index (χ3v) is 5.16. The van der Waals surface area contributed by atoms with Crippen molar-refractivity contribution in [1.29, 1.82) is 0 Å². The summed E-state index contributed by atoms with van der Waals surface area (Å²) in [6.07, 6.45) is 3.18. The van der Waals surface area contributed by atoms with E-state index in [2.05, 4.69) is 22.9 Å². The Morgan fingerprint density at radius 1 is 1.41 bits per heavy atom. The summed E-state index contributed by atoms with van der Waals surface area (Å²) in [5.74, 6) is 1.34. The van der Waals surface area contributed by atoms with Crippen molar-refractivity contribution < 1.29 is 9.13 Å². The Balaban J connectivity index is 2.14. The molecule has 1 aliphatic carbocycles. The lowest BCUT2D eigenvalue weighted by Gasteiger charge is -2.18. The molecule has 0 bridgehead atoms. The van der Waals surface area contributed by atoms with Crippen molar-refractivity contribution in [2.24, 2.45) is 11.8 Å². The van der Waals surface area contributed by atoms with Crippen LogP contribution in [0.4, 0.5) is 4.39 Å². The molecule has 1 fully saturated rings. The molecule has 0 N–H and O–H groups in total. The Kier molecular flexibility index (Phi) is 4.08. The molecule has 0 aliphatic heterocycles. The largest absolute Gasteiger partial charge is 0.494 e. The van der Waals surface area contributed by atoms with Gasteiger partial charge in [0.2, 0.25) is 0 Å². The maximum atomic E-state index is 14.0. The van der Waals surface area contributed by atoms with E-state index in [0.29, 0.717) is 22.4 Å². The Labute approximate surface area is 110 Å². The molecule has 0 aromatic heterocycles. The monoisotopic (exact) mass is 300 g/mol. The van der Waals surface area contributed by atoms with Gasteiger partial charge in [-0.05, 0) is 42.7 Å². The second-order valence-electron chi connectivity index (χ2n) is 4.85. The first-order valence-electron chi connectivity index (χ1n) is 6.09. The molecule has 3 atom stereocenters. The number of rotatable bonds is 3. The van der Waals surface area contributed by atoms with Crippen LogP contribution in [0.3, 0.4) is 0 Å². The molecule has 3 unspecified atom stereocenters. The lowest BCUT2D eigenvalue weighted by atomic mass is 9.90. The van der Waals surface area contributed by atoms with Gasteiger partial charge in [0.25, 0.3) is 0 Å². The van der Waals surface area contributed by atoms with E-state index in [9.17, 15) is 4.39 Å². The van der Waals surface area contributed by atoms with Gasteiger partial charge in [-0.15, -0.1) is 0 Å². The maximum Gasteiger partial charge on any atom is 0.168 e. The summed E-state index contributed by atoms with van der Waals surface area (Å²) in [6, 6.07) is 5.40. The van der Waals surface area contributed by atoms with E-state index in [-0.39, 0.29) is 5.82 Å². The minimum Gasteiger partial charge on any atom is -0.494 e. The van der Waals surface area contributed by atoms with Crippen molar-refractivity contribution in [2.45, 2.75) is 31.0 Å². The van der Waals surface area contributed by atoms with Crippen LogP contribution >= 0.6 is 15.9 Å². The lowest BCUT2D eigenvalue weighted by Crippen LogP contribution is -2.13. The summed E-state index contributed by atoms with van der Waals surface area (Å²) < 4.78 is 19.0. The van der Waals surface area contributed by atoms with Crippen LogP contribution < -0.4 is 4.74 Å². The van der Waals surface area contributed by atoms with Crippen molar-refractivity contribution >= 4 is 15.9 Å². The normalized spacial score (nSPS) is 28.4. The molecule has 0 heterocycles. The van der Waals surface area contributed by atoms with Gasteiger partial charge in [-0.25, -0.2) is 4.39 Å². The molecule has 94 valence electrons. The van der Waals surface area contributed by atoms with Gasteiger partial charge in [-0.3, -0.25) is 0 Å². The molecule has 0 spiro atoms. The van der Waals surface area contributed by atoms with E-state index in [4.69, 9.17) is 4.74 Å². The minimum absolute atomic E-state index is 0.194. The summed E-state index contributed by atoms with van der Waals surface area (Å²) >= 11 is 3.69. The predicted molar refractivity (Wildman–Crippen MR) is 71.3 cm³/mol. The molecular formula is C14H18BrFO. The van der Waals surface area contributed by atoms with Gasteiger partial charge < -0.3 is 4.74 Å². The van der Waals surface area contributed by atoms with Crippen LogP contribution in [0, 0.1) is 17.7 Å². The van der Waals surface area contributed by atoms with E-state index < -0.39 is 0 Å². The molecule has 2 rings (SSSR count). The van der Waals surface area contributed by atoms with Crippen molar-refractivity contribution in [1.82, 2.24) is 0 Å². The topological polar surface area (TPSA) is 9.23 Å². The zero-order valence-electron chi connectivity index (χ0n) is 10.2. The van der Waals surface area contributed by atoms with Gasteiger partial charge in [0.15, 0.2) is 11.6 Å². The SMILES string of the molecule is COc1cccc(CC2CCC(Br)C2C)c1F. The number of halogens is 2. The average Bonchev–Trinajstić information content (AvgIpc) is 2.64. The second kappa shape index (κ2) is 5.38. The van der Waals surface area contributed by atoms with Crippen LogP contribution in [0.15, 0.2) is 18.2 Å². The summed E-state index contributed by atoms with van der Waals surface area (Å²) in [7, 11) is 1.51. The Morgan fingerprint density at radius 3 is 2.76 bits per heavy atom. The molecule has 1 aromatic rings. The number of hydrogen-bond donors (Lipinski definition) is 0. The van der Waals surface area contributed by atoms with Crippen LogP contribution in [0.25, 0.3) is 0 Å². The molecule has 1 aromatic carbocycles. The first-order valence-corrected chi connectivity index (χ1v) is 7.00. The summed E-state index contributed by atoms with van der Waals surface area (Å²) in [5.41, 5.74) is 0.780. The number of ether oxygens (including phenoxy) is 1. The zero-order valence-corrected chi connectivity index (χ0v) is 11.8. The lowest BCUT2D eigenvalue weighted by molar-refractivity contribution is 0.376. The van der Waals surface area contributed by atoms with Crippen LogP contribution in [0.2, 0.25) is 0 Å². The van der Waals surface area contributed by atoms with Crippen LogP contribution in [-0.2, 0) is 6.42 Å². The Bertz CT molecular complexity index is 394. The predicted octanol–water partition coefficient (Wildman–Crippen LogP) is 4.19. The quantitative estimate of drug-likeness (QED) is 0.761. The van der Waals surface area contributed by atoms with Gasteiger partial charge in [-0.2, -0.15) is 0 Å². The van der Waals surface area contributed by atoms with Crippen LogP contribution in [-0.4, -0.2) is 11.9 Å². The maximum absolute atomic E-state index is 14.0. The second-order valence-corrected chi connectivity index (χ2v) is 6.03. The molecule has 0 amide bonds. The highest BCUT2D eigenvalue weighted by atomic mass is 79.9. The highest BCUT2D eigenvalue weighted by Gasteiger charge is 2.31. The van der Waals surface area contributed by atoms with E-state index >= 15 is 0 Å². The van der Waals surface area contributed by atoms with E-state index in [0.717, 1.165) is 12.0 Å². The molecule has 1 saturated carbocycles. The Morgan fingerprint density at radius 2 is 2.18 bits per heavy atom. The fourth-order valence-corrected chi connectivity index (χ4v) is 3.33. The highest BCUT2D eigenvalue weighted by molar-refractivity contribution is 9.09. The molecule has 0 saturated heterocycles. The van der Waals surface area contributed by atoms with Crippen molar-refractivity contribution in [2.75, 3.05) is 7.11 Å². The standard InChI is InChI=1S/C14H18BrFO/c1-9-10(6-7-12(9)15)8-11-4-3-5-13(17-2)14(11)16/h3-5,9-10,12H,6-8H2,1-2H3. The van der Waals surface area contributed by atoms with Gasteiger partial charge in [-0.1, -0.05) is 35.0 Å². The molecule has 1 aliphatic rings. The summed E-state index contributed by atoms with van der Waals surface area (Å²) in [5, 5.41) is 0. The number of hydrogen-bond acceptors (Lipinski definition) is 1. The van der Waals surface area contributed by atoms with Gasteiger partial charge >= 0.3 is 0 Å². The molecule has 3 heteroatoms. The van der Waals surface area contributed by atoms with Crippen LogP contribution in [0.5, 0.6) is 5.75 Å². The fourth-order valence-electron chi connectivity index (χ4n) is 2.64. The van der Waals surface area contributed by atoms with Gasteiger partial charge in [0.1, 0.15) is 0 Å². The molecule has 17 heavy (non-hydrogen) atoms. The Hall–Kier alpha value is -0.570. The van der Waals surface area contributed by atoms with Crippen molar-refractivity contribution in [3.8, 4) is 5.75 Å².